The largest absolute Gasteiger partial charge is 0.746 e. The van der Waals surface area contributed by atoms with Gasteiger partial charge in [-0.25, -0.2) is 44.2 Å². The van der Waals surface area contributed by atoms with Crippen molar-refractivity contribution in [2.75, 3.05) is 24.7 Å². The number of fused-ring (bicyclic) bond motifs is 2. The fourth-order valence-corrected chi connectivity index (χ4v) is 9.06. The Hall–Kier alpha value is -7.82. The van der Waals surface area contributed by atoms with E-state index in [0.29, 0.717) is 0 Å². The smallest absolute Gasteiger partial charge is 0.362 e. The number of aromatic nitrogens is 8. The Kier molecular flexibility index (Phi) is 17.2. The monoisotopic (exact) mass is 1100 g/mol. The molecule has 1 amide bonds. The topological polar surface area (TPSA) is 495 Å². The summed E-state index contributed by atoms with van der Waals surface area (Å²) >= 11 is 0. The van der Waals surface area contributed by atoms with Crippen LogP contribution < -0.4 is 21.1 Å². The zero-order chi connectivity index (χ0) is 55.2. The summed E-state index contributed by atoms with van der Waals surface area (Å²) in [6.45, 7) is -1.59. The molecule has 34 heteroatoms. The van der Waals surface area contributed by atoms with Crippen molar-refractivity contribution in [3.8, 4) is 0 Å². The van der Waals surface area contributed by atoms with Gasteiger partial charge in [-0.3, -0.25) is 37.1 Å². The number of ketones is 2. The summed E-state index contributed by atoms with van der Waals surface area (Å²) in [6.07, 6.45) is -8.75. The lowest BCUT2D eigenvalue weighted by atomic mass is 10.0. The van der Waals surface area contributed by atoms with Crippen LogP contribution in [-0.4, -0.2) is 163 Å². The average Bonchev–Trinajstić information content (AvgIpc) is 4.16. The van der Waals surface area contributed by atoms with Crippen LogP contribution >= 0.6 is 7.82 Å². The number of hydrogen-bond acceptors (Lipinski definition) is 27. The number of anilines is 2. The molecule has 2 aliphatic rings. The summed E-state index contributed by atoms with van der Waals surface area (Å²) < 4.78 is 65.5. The van der Waals surface area contributed by atoms with Crippen LogP contribution in [0.4, 0.5) is 11.6 Å². The van der Waals surface area contributed by atoms with Crippen LogP contribution in [0.1, 0.15) is 79.6 Å². The third-order valence-corrected chi connectivity index (χ3v) is 13.1. The van der Waals surface area contributed by atoms with Gasteiger partial charge in [0.2, 0.25) is 5.91 Å². The first-order chi connectivity index (χ1) is 36.0. The molecule has 32 nitrogen and oxygen atoms in total. The second kappa shape index (κ2) is 23.4. The number of Topliss-reactive ketones (excluding diaryl/α,β-unsaturated/α-hetero) is 2. The van der Waals surface area contributed by atoms with Crippen LogP contribution in [0.5, 0.6) is 0 Å². The predicted octanol–water partition coefficient (Wildman–Crippen LogP) is -1.82. The molecule has 11 N–H and O–H groups in total. The van der Waals surface area contributed by atoms with Gasteiger partial charge in [-0.05, 0) is 12.1 Å². The minimum Gasteiger partial charge on any atom is -0.746 e. The van der Waals surface area contributed by atoms with Gasteiger partial charge in [0.15, 0.2) is 47.0 Å². The summed E-state index contributed by atoms with van der Waals surface area (Å²) in [7, 11) is -9.95. The van der Waals surface area contributed by atoms with E-state index in [9.17, 15) is 72.2 Å². The number of aromatic carboxylic acids is 2. The van der Waals surface area contributed by atoms with Crippen molar-refractivity contribution >= 4 is 87.5 Å². The van der Waals surface area contributed by atoms with Crippen molar-refractivity contribution in [1.29, 1.82) is 0 Å². The third-order valence-electron chi connectivity index (χ3n) is 11.3. The van der Waals surface area contributed by atoms with Crippen LogP contribution in [0.3, 0.4) is 0 Å². The van der Waals surface area contributed by atoms with Crippen LogP contribution in [0.2, 0.25) is 0 Å². The lowest BCUT2D eigenvalue weighted by Gasteiger charge is -2.24. The van der Waals surface area contributed by atoms with Crippen molar-refractivity contribution in [2.24, 2.45) is 0 Å². The van der Waals surface area contributed by atoms with E-state index in [0.717, 1.165) is 6.33 Å². The van der Waals surface area contributed by atoms with Crippen LogP contribution in [0.25, 0.3) is 22.3 Å². The van der Waals surface area contributed by atoms with Crippen molar-refractivity contribution in [1.82, 2.24) is 43.8 Å². The molecule has 6 aromatic rings. The van der Waals surface area contributed by atoms with Crippen molar-refractivity contribution in [3.05, 3.63) is 96.1 Å². The number of ether oxygens (including phenoxy) is 2. The zero-order valence-corrected chi connectivity index (χ0v) is 40.4. The number of amides is 1. The first-order valence-corrected chi connectivity index (χ1v) is 24.8. The normalized spacial score (nSPS) is 22.1. The van der Waals surface area contributed by atoms with E-state index in [1.807, 2.05) is 0 Å². The van der Waals surface area contributed by atoms with Gasteiger partial charge >= 0.3 is 36.0 Å². The van der Waals surface area contributed by atoms with E-state index in [1.54, 1.807) is 4.72 Å². The Morgan fingerprint density at radius 1 is 0.645 bits per heavy atom. The van der Waals surface area contributed by atoms with Gasteiger partial charge < -0.3 is 65.5 Å². The van der Waals surface area contributed by atoms with Gasteiger partial charge in [-0.2, -0.15) is 8.42 Å². The lowest BCUT2D eigenvalue weighted by Crippen LogP contribution is -2.37. The maximum absolute atomic E-state index is 12.3. The highest BCUT2D eigenvalue weighted by atomic mass is 32.2. The van der Waals surface area contributed by atoms with E-state index in [4.69, 9.17) is 30.2 Å². The van der Waals surface area contributed by atoms with Crippen molar-refractivity contribution in [2.45, 2.75) is 74.8 Å². The van der Waals surface area contributed by atoms with Crippen molar-refractivity contribution in [3.63, 3.8) is 0 Å². The number of benzene rings is 2. The minimum absolute atomic E-state index is 0.0728. The summed E-state index contributed by atoms with van der Waals surface area (Å²) in [6, 6.07) is 10.8. The number of carboxylic acids is 2. The number of aliphatic hydroxyl groups is 4. The molecule has 0 aliphatic carbocycles. The number of nitrogen functional groups attached to an aromatic ring is 2. The number of nitrogens with one attached hydrogen (secondary N) is 1. The first kappa shape index (κ1) is 55.9. The predicted molar refractivity (Wildman–Crippen MR) is 248 cm³/mol. The number of nitrogens with zero attached hydrogens (tertiary/aromatic N) is 8. The first-order valence-electron chi connectivity index (χ1n) is 21.9. The number of imidazole rings is 2. The molecule has 9 atom stereocenters. The van der Waals surface area contributed by atoms with Crippen LogP contribution in [-0.2, 0) is 47.2 Å². The Balaban J connectivity index is 0.000000221. The molecule has 1 unspecified atom stereocenters. The quantitative estimate of drug-likeness (QED) is 0.0300. The number of phosphoric acid groups is 1. The fourth-order valence-electron chi connectivity index (χ4n) is 7.58. The number of hydrogen-bond donors (Lipinski definition) is 9. The number of aliphatic hydroxyl groups excluding tert-OH is 4. The molecule has 2 fully saturated rings. The van der Waals surface area contributed by atoms with E-state index in [1.165, 1.54) is 76.6 Å². The fraction of sp³-hybridized carbons (Fsp3) is 0.333. The molecular formula is C42H43N11O21PS-. The molecule has 2 aliphatic heterocycles. The molecule has 2 saturated heterocycles. The molecule has 0 radical (unpaired) electrons. The highest BCUT2D eigenvalue weighted by molar-refractivity contribution is 7.85. The molecule has 6 heterocycles. The highest BCUT2D eigenvalue weighted by Gasteiger charge is 2.46. The molecule has 8 rings (SSSR count). The van der Waals surface area contributed by atoms with E-state index < -0.39 is 141 Å². The van der Waals surface area contributed by atoms with Crippen LogP contribution in [0.15, 0.2) is 73.8 Å². The highest BCUT2D eigenvalue weighted by Crippen LogP contribution is 2.41. The maximum atomic E-state index is 12.3. The van der Waals surface area contributed by atoms with Gasteiger partial charge in [0.1, 0.15) is 60.3 Å². The van der Waals surface area contributed by atoms with Crippen molar-refractivity contribution < 1.29 is 100.0 Å². The number of phosphoric ester groups is 1. The molecular weight excluding hydrogens is 1060 g/mol. The van der Waals surface area contributed by atoms with Gasteiger partial charge in [-0.1, -0.05) is 36.4 Å². The lowest BCUT2D eigenvalue weighted by molar-refractivity contribution is -0.227. The molecule has 2 aromatic carbocycles. The third kappa shape index (κ3) is 12.8. The van der Waals surface area contributed by atoms with Gasteiger partial charge in [0.05, 0.1) is 43.4 Å². The molecule has 0 saturated carbocycles. The SMILES string of the molecule is Nc1ncnc2c1ncn2[C@@H]1O[C@H](COP(=O)([O-])OC(=O)CCC(=O)c2ccccc2C(=O)O)[C@@H](O)[C@H]1O.Nc1ncnc2c1ncn2[C@@H]1O[C@H](COS(=O)(=O)NC(=O)CCC(=O)c2ccccc2C(=O)O)[C@@H](O)[C@H]1O. The second-order valence-electron chi connectivity index (χ2n) is 16.3. The van der Waals surface area contributed by atoms with Gasteiger partial charge in [-0.15, -0.1) is 0 Å². The zero-order valence-electron chi connectivity index (χ0n) is 38.7. The van der Waals surface area contributed by atoms with E-state index >= 15 is 0 Å². The number of carbonyl (C=O) groups is 6. The summed E-state index contributed by atoms with van der Waals surface area (Å²) in [5.74, 6) is -6.29. The van der Waals surface area contributed by atoms with Gasteiger partial charge in [0.25, 0.3) is 0 Å². The summed E-state index contributed by atoms with van der Waals surface area (Å²) in [4.78, 5) is 107. The Bertz CT molecular complexity index is 3360. The Morgan fingerprint density at radius 3 is 1.54 bits per heavy atom. The molecule has 76 heavy (non-hydrogen) atoms. The molecule has 0 spiro atoms. The standard InChI is InChI=1S/C21H22N6O10S.C21H22N5O11P/c22-18-15-19(24-8-23-18)27(9-25-15)20-17(31)16(30)13(37-20)7-36-38(34,35)26-14(29)6-5-12(28)10-3-1-2-4-11(10)21(32)33;22-18-15-19(24-8-23-18)26(9-25-15)20-17(30)16(29)13(36-20)7-35-38(33,34)37-14(28)6-5-12(27)10-3-1-2-4-11(10)21(31)32/h1-4,8-9,13,16-17,20,30-31H,5-7H2,(H,26,29)(H,32,33)(H2,22,23,24);1-4,8-9,13,16-17,20,29-30H,5-7H2,(H,31,32)(H,33,34)(H2,22,23,24)/p-1/t2*13-,16-,17-,20-/m11/s1. The molecule has 404 valence electrons. The molecule has 4 aromatic heterocycles. The number of nitrogens with two attached hydrogens (primary N) is 2. The second-order valence-corrected chi connectivity index (χ2v) is 19.0. The summed E-state index contributed by atoms with van der Waals surface area (Å²) in [5, 5.41) is 59.8. The van der Waals surface area contributed by atoms with Crippen LogP contribution in [0, 0.1) is 0 Å². The van der Waals surface area contributed by atoms with E-state index in [-0.39, 0.29) is 56.2 Å². The average molecular weight is 1100 g/mol. The summed E-state index contributed by atoms with van der Waals surface area (Å²) in [5.41, 5.74) is 11.5. The number of carbonyl (C=O) groups excluding carboxylic acids is 4. The maximum Gasteiger partial charge on any atom is 0.362 e. The molecule has 0 bridgehead atoms. The Morgan fingerprint density at radius 2 is 1.08 bits per heavy atom. The minimum atomic E-state index is -5.26. The Labute approximate surface area is 425 Å². The number of rotatable bonds is 20. The number of carboxylic acid groups (broad SMARTS) is 2. The van der Waals surface area contributed by atoms with E-state index in [2.05, 4.69) is 39.0 Å². The van der Waals surface area contributed by atoms with Gasteiger partial charge in [0, 0.05) is 30.4 Å².